The number of ether oxygens (including phenoxy) is 1. The van der Waals surface area contributed by atoms with E-state index in [1.807, 2.05) is 0 Å². The van der Waals surface area contributed by atoms with Crippen LogP contribution in [0.1, 0.15) is 72.9 Å². The summed E-state index contributed by atoms with van der Waals surface area (Å²) in [6.45, 7) is 2.20. The zero-order valence-corrected chi connectivity index (χ0v) is 18.5. The minimum absolute atomic E-state index is 0.0339. The molecule has 0 amide bonds. The molecule has 5 heteroatoms. The van der Waals surface area contributed by atoms with Gasteiger partial charge in [0.1, 0.15) is 6.10 Å². The number of fused-ring (bicyclic) bond motifs is 1. The van der Waals surface area contributed by atoms with Gasteiger partial charge in [-0.1, -0.05) is 56.2 Å². The van der Waals surface area contributed by atoms with Crippen LogP contribution in [0.3, 0.4) is 0 Å². The molecule has 0 heterocycles. The first kappa shape index (κ1) is 22.0. The van der Waals surface area contributed by atoms with Crippen molar-refractivity contribution in [2.75, 3.05) is 0 Å². The van der Waals surface area contributed by atoms with Gasteiger partial charge in [-0.15, -0.1) is 0 Å². The van der Waals surface area contributed by atoms with Crippen molar-refractivity contribution in [3.63, 3.8) is 0 Å². The first-order chi connectivity index (χ1) is 15.6. The lowest BCUT2D eigenvalue weighted by Gasteiger charge is -2.33. The molecule has 1 fully saturated rings. The van der Waals surface area contributed by atoms with Crippen molar-refractivity contribution in [2.45, 2.75) is 63.9 Å². The molecule has 0 aromatic heterocycles. The molecule has 5 nitrogen and oxygen atoms in total. The van der Waals surface area contributed by atoms with E-state index in [2.05, 4.69) is 43.3 Å². The number of hydrogen-bond acceptors (Lipinski definition) is 4. The average molecular weight is 432 g/mol. The summed E-state index contributed by atoms with van der Waals surface area (Å²) in [4.78, 5) is 23.3. The molecule has 0 bridgehead atoms. The van der Waals surface area contributed by atoms with Crippen molar-refractivity contribution < 1.29 is 14.5 Å². The van der Waals surface area contributed by atoms with Crippen LogP contribution in [-0.2, 0) is 11.2 Å². The van der Waals surface area contributed by atoms with Gasteiger partial charge in [-0.3, -0.25) is 10.1 Å². The number of nitrogens with zero attached hydrogens (tertiary/aromatic N) is 1. The number of benzene rings is 3. The fourth-order valence-electron chi connectivity index (χ4n) is 4.86. The van der Waals surface area contributed by atoms with Gasteiger partial charge < -0.3 is 4.74 Å². The summed E-state index contributed by atoms with van der Waals surface area (Å²) in [6.07, 6.45) is 7.07. The van der Waals surface area contributed by atoms with Gasteiger partial charge >= 0.3 is 5.97 Å². The number of esters is 1. The van der Waals surface area contributed by atoms with Gasteiger partial charge in [0.2, 0.25) is 0 Å². The molecule has 0 N–H and O–H groups in total. The van der Waals surface area contributed by atoms with Gasteiger partial charge in [0, 0.05) is 18.1 Å². The molecule has 2 atom stereocenters. The lowest BCUT2D eigenvalue weighted by molar-refractivity contribution is -0.384. The highest BCUT2D eigenvalue weighted by Crippen LogP contribution is 2.41. The van der Waals surface area contributed by atoms with Crippen LogP contribution in [0.5, 0.6) is 0 Å². The third kappa shape index (κ3) is 4.67. The summed E-state index contributed by atoms with van der Waals surface area (Å²) in [5.41, 5.74) is 3.00. The van der Waals surface area contributed by atoms with Crippen molar-refractivity contribution in [3.05, 3.63) is 87.5 Å². The highest BCUT2D eigenvalue weighted by atomic mass is 16.6. The number of non-ortho nitro benzene ring substituents is 1. The molecule has 166 valence electrons. The largest absolute Gasteiger partial charge is 0.458 e. The summed E-state index contributed by atoms with van der Waals surface area (Å²) < 4.78 is 6.04. The Balaban J connectivity index is 1.65. The molecular formula is C27H29NO4. The molecule has 1 saturated carbocycles. The Morgan fingerprint density at radius 1 is 1.03 bits per heavy atom. The summed E-state index contributed by atoms with van der Waals surface area (Å²) in [7, 11) is 0. The highest BCUT2D eigenvalue weighted by Gasteiger charge is 2.32. The fourth-order valence-corrected chi connectivity index (χ4v) is 4.86. The van der Waals surface area contributed by atoms with Gasteiger partial charge in [-0.25, -0.2) is 4.79 Å². The molecule has 1 aliphatic rings. The second-order valence-electron chi connectivity index (χ2n) is 8.60. The minimum Gasteiger partial charge on any atom is -0.458 e. The molecule has 32 heavy (non-hydrogen) atoms. The van der Waals surface area contributed by atoms with Gasteiger partial charge in [-0.05, 0) is 66.1 Å². The summed E-state index contributed by atoms with van der Waals surface area (Å²) in [5.74, 6) is -0.254. The maximum Gasteiger partial charge on any atom is 0.338 e. The first-order valence-electron chi connectivity index (χ1n) is 11.5. The van der Waals surface area contributed by atoms with E-state index >= 15 is 0 Å². The van der Waals surface area contributed by atoms with Crippen molar-refractivity contribution in [1.82, 2.24) is 0 Å². The lowest BCUT2D eigenvalue weighted by atomic mass is 9.77. The van der Waals surface area contributed by atoms with Crippen LogP contribution in [0.15, 0.2) is 60.7 Å². The Morgan fingerprint density at radius 3 is 2.53 bits per heavy atom. The van der Waals surface area contributed by atoms with Crippen LogP contribution in [0, 0.1) is 10.1 Å². The molecule has 0 aliphatic heterocycles. The van der Waals surface area contributed by atoms with Crippen LogP contribution < -0.4 is 0 Å². The molecule has 0 saturated heterocycles. The van der Waals surface area contributed by atoms with E-state index in [0.29, 0.717) is 5.56 Å². The van der Waals surface area contributed by atoms with E-state index < -0.39 is 10.9 Å². The van der Waals surface area contributed by atoms with E-state index in [-0.39, 0.29) is 17.7 Å². The van der Waals surface area contributed by atoms with Crippen LogP contribution in [0.25, 0.3) is 10.8 Å². The molecule has 1 aliphatic carbocycles. The zero-order valence-electron chi connectivity index (χ0n) is 18.5. The van der Waals surface area contributed by atoms with Crippen molar-refractivity contribution in [1.29, 1.82) is 0 Å². The molecule has 0 unspecified atom stereocenters. The van der Waals surface area contributed by atoms with Crippen LogP contribution in [0.2, 0.25) is 0 Å². The SMILES string of the molecule is CCCCc1ccc2ccccc2c1[C@@H]1CCCC[C@@H]1OC(=O)c1ccc([N+](=O)[O-])cc1. The zero-order chi connectivity index (χ0) is 22.5. The number of nitro groups is 1. The second-order valence-corrected chi connectivity index (χ2v) is 8.60. The molecular weight excluding hydrogens is 402 g/mol. The number of rotatable bonds is 7. The normalized spacial score (nSPS) is 18.4. The average Bonchev–Trinajstić information content (AvgIpc) is 2.83. The number of carbonyl (C=O) groups excluding carboxylic acids is 1. The maximum atomic E-state index is 12.9. The van der Waals surface area contributed by atoms with Gasteiger partial charge in [0.15, 0.2) is 0 Å². The van der Waals surface area contributed by atoms with Gasteiger partial charge in [0.05, 0.1) is 10.5 Å². The topological polar surface area (TPSA) is 69.4 Å². The fraction of sp³-hybridized carbons (Fsp3) is 0.370. The standard InChI is InChI=1S/C27H29NO4/c1-2-3-8-20-14-13-19-9-4-5-10-23(19)26(20)24-11-6-7-12-25(24)32-27(29)21-15-17-22(18-16-21)28(30)31/h4-5,9-10,13-18,24-25H,2-3,6-8,11-12H2,1H3/t24-,25+/m1/s1. The van der Waals surface area contributed by atoms with Crippen LogP contribution in [0.4, 0.5) is 5.69 Å². The third-order valence-corrected chi connectivity index (χ3v) is 6.51. The summed E-state index contributed by atoms with van der Waals surface area (Å²) in [5, 5.41) is 13.4. The second kappa shape index (κ2) is 9.94. The third-order valence-electron chi connectivity index (χ3n) is 6.51. The number of hydrogen-bond donors (Lipinski definition) is 0. The number of nitro benzene ring substituents is 1. The van der Waals surface area contributed by atoms with E-state index in [0.717, 1.165) is 44.9 Å². The van der Waals surface area contributed by atoms with Crippen molar-refractivity contribution >= 4 is 22.4 Å². The predicted octanol–water partition coefficient (Wildman–Crippen LogP) is 6.97. The molecule has 0 radical (unpaired) electrons. The Labute approximate surface area is 188 Å². The monoisotopic (exact) mass is 431 g/mol. The Hall–Kier alpha value is -3.21. The quantitative estimate of drug-likeness (QED) is 0.230. The smallest absolute Gasteiger partial charge is 0.338 e. The molecule has 4 rings (SSSR count). The van der Waals surface area contributed by atoms with Crippen LogP contribution in [-0.4, -0.2) is 17.0 Å². The van der Waals surface area contributed by atoms with Crippen molar-refractivity contribution in [3.8, 4) is 0 Å². The minimum atomic E-state index is -0.468. The predicted molar refractivity (Wildman–Crippen MR) is 126 cm³/mol. The molecule has 3 aromatic carbocycles. The number of carbonyl (C=O) groups is 1. The van der Waals surface area contributed by atoms with Gasteiger partial charge in [-0.2, -0.15) is 0 Å². The highest BCUT2D eigenvalue weighted by molar-refractivity contribution is 5.90. The molecule has 3 aromatic rings. The van der Waals surface area contributed by atoms with E-state index in [1.165, 1.54) is 46.2 Å². The van der Waals surface area contributed by atoms with E-state index in [4.69, 9.17) is 4.74 Å². The van der Waals surface area contributed by atoms with E-state index in [1.54, 1.807) is 0 Å². The maximum absolute atomic E-state index is 12.9. The van der Waals surface area contributed by atoms with Gasteiger partial charge in [0.25, 0.3) is 5.69 Å². The Kier molecular flexibility index (Phi) is 6.84. The summed E-state index contributed by atoms with van der Waals surface area (Å²) in [6, 6.07) is 18.6. The lowest BCUT2D eigenvalue weighted by Crippen LogP contribution is -2.29. The Bertz CT molecular complexity index is 1110. The van der Waals surface area contributed by atoms with Crippen molar-refractivity contribution in [2.24, 2.45) is 0 Å². The summed E-state index contributed by atoms with van der Waals surface area (Å²) >= 11 is 0. The Morgan fingerprint density at radius 2 is 1.78 bits per heavy atom. The first-order valence-corrected chi connectivity index (χ1v) is 11.5. The van der Waals surface area contributed by atoms with E-state index in [9.17, 15) is 14.9 Å². The molecule has 0 spiro atoms. The van der Waals surface area contributed by atoms with Crippen LogP contribution >= 0.6 is 0 Å². The number of unbranched alkanes of at least 4 members (excludes halogenated alkanes) is 1. The number of aryl methyl sites for hydroxylation is 1.